The Bertz CT molecular complexity index is 948. The number of amides is 1. The van der Waals surface area contributed by atoms with Crippen LogP contribution in [0.1, 0.15) is 49.4 Å². The molecule has 0 aliphatic carbocycles. The van der Waals surface area contributed by atoms with E-state index in [0.29, 0.717) is 23.2 Å². The molecule has 0 spiro atoms. The maximum Gasteiger partial charge on any atom is 0.247 e. The highest BCUT2D eigenvalue weighted by Gasteiger charge is 2.15. The van der Waals surface area contributed by atoms with Gasteiger partial charge in [-0.25, -0.2) is 4.39 Å². The average Bonchev–Trinajstić information content (AvgIpc) is 2.67. The zero-order valence-electron chi connectivity index (χ0n) is 16.7. The Labute approximate surface area is 161 Å². The Morgan fingerprint density at radius 3 is 2.48 bits per heavy atom. The lowest BCUT2D eigenvalue weighted by atomic mass is 9.89. The van der Waals surface area contributed by atoms with Gasteiger partial charge in [-0.1, -0.05) is 25.0 Å². The van der Waals surface area contributed by atoms with Gasteiger partial charge in [-0.2, -0.15) is 0 Å². The lowest BCUT2D eigenvalue weighted by Crippen LogP contribution is -2.25. The molecule has 0 saturated carbocycles. The van der Waals surface area contributed by atoms with Crippen LogP contribution in [0.25, 0.3) is 16.7 Å². The fourth-order valence-corrected chi connectivity index (χ4v) is 2.99. The fourth-order valence-electron chi connectivity index (χ4n) is 2.99. The summed E-state index contributed by atoms with van der Waals surface area (Å²) in [4.78, 5) is 12.4. The molecule has 0 bridgehead atoms. The van der Waals surface area contributed by atoms with Crippen molar-refractivity contribution in [1.29, 1.82) is 0 Å². The molecule has 0 radical (unpaired) electrons. The summed E-state index contributed by atoms with van der Waals surface area (Å²) in [6, 6.07) is 8.99. The second kappa shape index (κ2) is 8.68. The second-order valence-corrected chi connectivity index (χ2v) is 6.81. The van der Waals surface area contributed by atoms with Crippen molar-refractivity contribution in [3.8, 4) is 23.5 Å². The van der Waals surface area contributed by atoms with Crippen LogP contribution >= 0.6 is 0 Å². The van der Waals surface area contributed by atoms with Gasteiger partial charge < -0.3 is 5.32 Å². The number of hydrogen-bond donors (Lipinski definition) is 1. The van der Waals surface area contributed by atoms with Crippen LogP contribution in [0.5, 0.6) is 0 Å². The Hall–Kier alpha value is -2.86. The molecule has 0 aliphatic heterocycles. The average molecular weight is 363 g/mol. The summed E-state index contributed by atoms with van der Waals surface area (Å²) < 4.78 is 14.1. The number of carbonyl (C=O) groups is 1. The smallest absolute Gasteiger partial charge is 0.247 e. The molecule has 0 saturated heterocycles. The number of benzene rings is 2. The Morgan fingerprint density at radius 2 is 1.89 bits per heavy atom. The lowest BCUT2D eigenvalue weighted by Gasteiger charge is -2.16. The molecule has 0 heterocycles. The first kappa shape index (κ1) is 20.5. The summed E-state index contributed by atoms with van der Waals surface area (Å²) in [5.74, 6) is 2.34. The van der Waals surface area contributed by atoms with Gasteiger partial charge in [-0.05, 0) is 85.7 Å². The SMILES string of the molecule is C#Cc1cc(/C(C)=C(\C)C(=O)NCCC)c(C)c(-c2ccc(C)c(F)c2)c1. The van der Waals surface area contributed by atoms with Gasteiger partial charge in [0, 0.05) is 17.7 Å². The minimum atomic E-state index is -0.248. The maximum absolute atomic E-state index is 14.1. The van der Waals surface area contributed by atoms with Gasteiger partial charge in [0.15, 0.2) is 0 Å². The summed E-state index contributed by atoms with van der Waals surface area (Å²) in [5, 5.41) is 2.90. The number of nitrogens with one attached hydrogen (secondary N) is 1. The highest BCUT2D eigenvalue weighted by Crippen LogP contribution is 2.32. The molecule has 0 unspecified atom stereocenters. The molecular weight excluding hydrogens is 337 g/mol. The monoisotopic (exact) mass is 363 g/mol. The highest BCUT2D eigenvalue weighted by atomic mass is 19.1. The number of halogens is 1. The van der Waals surface area contributed by atoms with Crippen molar-refractivity contribution in [2.45, 2.75) is 41.0 Å². The molecular formula is C24H26FNO. The topological polar surface area (TPSA) is 29.1 Å². The van der Waals surface area contributed by atoms with Crippen LogP contribution in [0.3, 0.4) is 0 Å². The van der Waals surface area contributed by atoms with Crippen LogP contribution < -0.4 is 5.32 Å². The molecule has 0 fully saturated rings. The number of hydrogen-bond acceptors (Lipinski definition) is 1. The number of carbonyl (C=O) groups excluding carboxylic acids is 1. The second-order valence-electron chi connectivity index (χ2n) is 6.81. The van der Waals surface area contributed by atoms with E-state index in [1.54, 1.807) is 13.0 Å². The molecule has 140 valence electrons. The maximum atomic E-state index is 14.1. The van der Waals surface area contributed by atoms with Crippen molar-refractivity contribution in [2.24, 2.45) is 0 Å². The Morgan fingerprint density at radius 1 is 1.19 bits per heavy atom. The van der Waals surface area contributed by atoms with Crippen LogP contribution in [0, 0.1) is 32.0 Å². The fraction of sp³-hybridized carbons (Fsp3) is 0.292. The van der Waals surface area contributed by atoms with E-state index in [-0.39, 0.29) is 11.7 Å². The molecule has 2 aromatic carbocycles. The first-order valence-corrected chi connectivity index (χ1v) is 9.14. The summed E-state index contributed by atoms with van der Waals surface area (Å²) in [6.45, 7) is 10.1. The standard InChI is InChI=1S/C24H26FNO/c1-7-11-26-24(27)17(5)16(4)21-12-19(8-2)13-22(18(21)6)20-10-9-15(3)23(25)14-20/h2,9-10,12-14H,7,11H2,1,3-6H3,(H,26,27)/b17-16+. The summed E-state index contributed by atoms with van der Waals surface area (Å²) in [6.07, 6.45) is 6.53. The van der Waals surface area contributed by atoms with E-state index >= 15 is 0 Å². The van der Waals surface area contributed by atoms with Crippen molar-refractivity contribution in [3.05, 3.63) is 64.0 Å². The van der Waals surface area contributed by atoms with Gasteiger partial charge in [0.1, 0.15) is 5.82 Å². The minimum absolute atomic E-state index is 0.0807. The predicted octanol–water partition coefficient (Wildman–Crippen LogP) is 5.41. The van der Waals surface area contributed by atoms with E-state index < -0.39 is 0 Å². The van der Waals surface area contributed by atoms with E-state index in [2.05, 4.69) is 11.2 Å². The van der Waals surface area contributed by atoms with Crippen LogP contribution in [0.4, 0.5) is 4.39 Å². The largest absolute Gasteiger partial charge is 0.352 e. The minimum Gasteiger partial charge on any atom is -0.352 e. The van der Waals surface area contributed by atoms with Crippen molar-refractivity contribution in [2.75, 3.05) is 6.54 Å². The Kier molecular flexibility index (Phi) is 6.58. The van der Waals surface area contributed by atoms with Crippen molar-refractivity contribution >= 4 is 11.5 Å². The number of terminal acetylenes is 1. The van der Waals surface area contributed by atoms with Crippen LogP contribution in [-0.2, 0) is 4.79 Å². The highest BCUT2D eigenvalue weighted by molar-refractivity contribution is 6.01. The molecule has 0 aliphatic rings. The summed E-state index contributed by atoms with van der Waals surface area (Å²) >= 11 is 0. The normalized spacial score (nSPS) is 11.6. The first-order chi connectivity index (χ1) is 12.8. The third-order valence-corrected chi connectivity index (χ3v) is 4.90. The zero-order chi connectivity index (χ0) is 20.1. The van der Waals surface area contributed by atoms with Crippen molar-refractivity contribution < 1.29 is 9.18 Å². The van der Waals surface area contributed by atoms with Gasteiger partial charge in [-0.3, -0.25) is 4.79 Å². The van der Waals surface area contributed by atoms with E-state index in [0.717, 1.165) is 34.2 Å². The molecule has 2 aromatic rings. The predicted molar refractivity (Wildman–Crippen MR) is 111 cm³/mol. The molecule has 2 rings (SSSR count). The molecule has 1 amide bonds. The van der Waals surface area contributed by atoms with E-state index in [4.69, 9.17) is 6.42 Å². The van der Waals surface area contributed by atoms with E-state index in [1.807, 2.05) is 45.9 Å². The van der Waals surface area contributed by atoms with Crippen molar-refractivity contribution in [1.82, 2.24) is 5.32 Å². The van der Waals surface area contributed by atoms with Crippen molar-refractivity contribution in [3.63, 3.8) is 0 Å². The Balaban J connectivity index is 2.63. The van der Waals surface area contributed by atoms with Gasteiger partial charge in [0.2, 0.25) is 5.91 Å². The molecule has 0 atom stereocenters. The molecule has 1 N–H and O–H groups in total. The quantitative estimate of drug-likeness (QED) is 0.558. The van der Waals surface area contributed by atoms with Gasteiger partial charge in [-0.15, -0.1) is 6.42 Å². The number of rotatable bonds is 5. The summed E-state index contributed by atoms with van der Waals surface area (Å²) in [7, 11) is 0. The van der Waals surface area contributed by atoms with Crippen LogP contribution in [0.15, 0.2) is 35.9 Å². The van der Waals surface area contributed by atoms with Gasteiger partial charge in [0.05, 0.1) is 0 Å². The molecule has 3 heteroatoms. The molecule has 2 nitrogen and oxygen atoms in total. The van der Waals surface area contributed by atoms with Crippen LogP contribution in [0.2, 0.25) is 0 Å². The zero-order valence-corrected chi connectivity index (χ0v) is 16.7. The molecule has 27 heavy (non-hydrogen) atoms. The summed E-state index contributed by atoms with van der Waals surface area (Å²) in [5.41, 5.74) is 6.35. The van der Waals surface area contributed by atoms with E-state index in [1.165, 1.54) is 6.07 Å². The van der Waals surface area contributed by atoms with Crippen LogP contribution in [-0.4, -0.2) is 12.5 Å². The lowest BCUT2D eigenvalue weighted by molar-refractivity contribution is -0.117. The molecule has 0 aromatic heterocycles. The number of aryl methyl sites for hydroxylation is 1. The van der Waals surface area contributed by atoms with Gasteiger partial charge in [0.25, 0.3) is 0 Å². The first-order valence-electron chi connectivity index (χ1n) is 9.14. The van der Waals surface area contributed by atoms with Gasteiger partial charge >= 0.3 is 0 Å². The van der Waals surface area contributed by atoms with E-state index in [9.17, 15) is 9.18 Å². The number of allylic oxidation sites excluding steroid dienone is 1. The third-order valence-electron chi connectivity index (χ3n) is 4.90. The third kappa shape index (κ3) is 4.46.